The molecule has 6 nitrogen and oxygen atoms in total. The van der Waals surface area contributed by atoms with Crippen molar-refractivity contribution in [3.63, 3.8) is 0 Å². The van der Waals surface area contributed by atoms with Gasteiger partial charge in [-0.05, 0) is 43.4 Å². The second-order valence-corrected chi connectivity index (χ2v) is 8.26. The summed E-state index contributed by atoms with van der Waals surface area (Å²) in [6.45, 7) is 6.87. The molecule has 1 aromatic carbocycles. The first-order chi connectivity index (χ1) is 12.9. The number of piperazine rings is 1. The van der Waals surface area contributed by atoms with Crippen LogP contribution in [0.4, 0.5) is 4.79 Å². The van der Waals surface area contributed by atoms with Crippen molar-refractivity contribution in [3.05, 3.63) is 40.2 Å². The topological polar surface area (TPSA) is 69.9 Å². The number of likely N-dealkylation sites (tertiary alicyclic amines) is 1. The summed E-state index contributed by atoms with van der Waals surface area (Å²) in [6.07, 6.45) is 4.39. The summed E-state index contributed by atoms with van der Waals surface area (Å²) in [5, 5.41) is 0. The molecule has 0 atom stereocenters. The van der Waals surface area contributed by atoms with Gasteiger partial charge >= 0.3 is 6.03 Å². The Balaban J connectivity index is 1.41. The third-order valence-electron chi connectivity index (χ3n) is 5.65. The molecule has 2 saturated heterocycles. The van der Waals surface area contributed by atoms with E-state index in [9.17, 15) is 9.59 Å². The van der Waals surface area contributed by atoms with E-state index >= 15 is 0 Å². The molecule has 1 aromatic rings. The smallest absolute Gasteiger partial charge is 0.314 e. The average molecular weight is 436 g/mol. The number of amides is 3. The van der Waals surface area contributed by atoms with Gasteiger partial charge < -0.3 is 15.5 Å². The zero-order valence-corrected chi connectivity index (χ0v) is 17.5. The summed E-state index contributed by atoms with van der Waals surface area (Å²) in [5.41, 5.74) is 7.69. The van der Waals surface area contributed by atoms with Crippen LogP contribution >= 0.6 is 15.9 Å². The third-order valence-corrected chi connectivity index (χ3v) is 6.54. The fourth-order valence-corrected chi connectivity index (χ4v) is 4.17. The Kier molecular flexibility index (Phi) is 6.76. The molecule has 7 heteroatoms. The number of halogens is 1. The number of primary amides is 1. The zero-order chi connectivity index (χ0) is 19.4. The molecule has 3 rings (SSSR count). The van der Waals surface area contributed by atoms with Crippen molar-refractivity contribution in [1.29, 1.82) is 0 Å². The van der Waals surface area contributed by atoms with Crippen molar-refractivity contribution in [3.8, 4) is 0 Å². The number of hydrogen-bond donors (Lipinski definition) is 1. The van der Waals surface area contributed by atoms with Gasteiger partial charge in [-0.2, -0.15) is 0 Å². The first kappa shape index (κ1) is 20.1. The predicted octanol–water partition coefficient (Wildman–Crippen LogP) is 2.19. The van der Waals surface area contributed by atoms with Gasteiger partial charge in [0.2, 0.25) is 5.91 Å². The van der Waals surface area contributed by atoms with Gasteiger partial charge in [-0.15, -0.1) is 0 Å². The maximum absolute atomic E-state index is 12.5. The van der Waals surface area contributed by atoms with Crippen LogP contribution in [-0.2, 0) is 11.2 Å². The summed E-state index contributed by atoms with van der Waals surface area (Å²) >= 11 is 3.51. The van der Waals surface area contributed by atoms with Crippen LogP contribution in [0.5, 0.6) is 0 Å². The molecule has 0 aliphatic carbocycles. The number of piperidine rings is 1. The molecule has 27 heavy (non-hydrogen) atoms. The van der Waals surface area contributed by atoms with E-state index in [-0.39, 0.29) is 11.9 Å². The van der Waals surface area contributed by atoms with Gasteiger partial charge in [0.15, 0.2) is 0 Å². The highest BCUT2D eigenvalue weighted by molar-refractivity contribution is 9.10. The fraction of sp³-hybridized carbons (Fsp3) is 0.550. The lowest BCUT2D eigenvalue weighted by atomic mass is 10.0. The maximum atomic E-state index is 12.5. The minimum atomic E-state index is -0.319. The number of nitrogens with zero attached hydrogens (tertiary/aromatic N) is 3. The Bertz CT molecular complexity index is 681. The second-order valence-electron chi connectivity index (χ2n) is 7.41. The number of aryl methyl sites for hydroxylation is 1. The number of urea groups is 1. The fourth-order valence-electron chi connectivity index (χ4n) is 3.93. The van der Waals surface area contributed by atoms with Crippen molar-refractivity contribution < 1.29 is 9.59 Å². The van der Waals surface area contributed by atoms with Gasteiger partial charge in [-0.3, -0.25) is 9.69 Å². The molecule has 0 unspecified atom stereocenters. The lowest BCUT2D eigenvalue weighted by Crippen LogP contribution is -2.55. The van der Waals surface area contributed by atoms with Gasteiger partial charge in [0, 0.05) is 49.8 Å². The van der Waals surface area contributed by atoms with E-state index in [1.54, 1.807) is 11.3 Å². The van der Waals surface area contributed by atoms with Crippen molar-refractivity contribution in [2.75, 3.05) is 39.3 Å². The molecular weight excluding hydrogens is 408 g/mol. The lowest BCUT2D eigenvalue weighted by molar-refractivity contribution is -0.129. The maximum Gasteiger partial charge on any atom is 0.314 e. The highest BCUT2D eigenvalue weighted by Gasteiger charge is 2.29. The molecule has 2 aliphatic heterocycles. The second kappa shape index (κ2) is 9.06. The molecule has 3 amide bonds. The van der Waals surface area contributed by atoms with Gasteiger partial charge in [-0.25, -0.2) is 4.79 Å². The summed E-state index contributed by atoms with van der Waals surface area (Å²) in [7, 11) is 0. The standard InChI is InChI=1S/C20H28BrN4O2/c1-15-14-16(2-4-18(15)21)3-5-19(26)24-12-10-23(11-13-24)17-6-8-25(9-7-17)20(22)27/h2,4-5,14,17H,3,6-13H2,1H3,(H2,22,27). The van der Waals surface area contributed by atoms with Gasteiger partial charge in [0.05, 0.1) is 6.42 Å². The predicted molar refractivity (Wildman–Crippen MR) is 109 cm³/mol. The SMILES string of the molecule is Cc1cc(C[CH]C(=O)N2CCN(C3CCN(C(N)=O)CC3)CC2)ccc1Br. The third kappa shape index (κ3) is 5.23. The Hall–Kier alpha value is -1.60. The van der Waals surface area contributed by atoms with Gasteiger partial charge in [0.25, 0.3) is 0 Å². The largest absolute Gasteiger partial charge is 0.351 e. The quantitative estimate of drug-likeness (QED) is 0.787. The molecule has 2 heterocycles. The van der Waals surface area contributed by atoms with E-state index in [1.807, 2.05) is 11.0 Å². The molecule has 0 spiro atoms. The lowest BCUT2D eigenvalue weighted by Gasteiger charge is -2.42. The van der Waals surface area contributed by atoms with Crippen LogP contribution in [0.25, 0.3) is 0 Å². The summed E-state index contributed by atoms with van der Waals surface area (Å²) in [5.74, 6) is 0.124. The van der Waals surface area contributed by atoms with E-state index in [0.717, 1.165) is 62.1 Å². The van der Waals surface area contributed by atoms with Crippen molar-refractivity contribution in [1.82, 2.24) is 14.7 Å². The van der Waals surface area contributed by atoms with Crippen molar-refractivity contribution in [2.45, 2.75) is 32.2 Å². The van der Waals surface area contributed by atoms with Crippen LogP contribution in [0, 0.1) is 13.3 Å². The molecule has 2 aliphatic rings. The Morgan fingerprint density at radius 3 is 2.37 bits per heavy atom. The first-order valence-corrected chi connectivity index (χ1v) is 10.4. The van der Waals surface area contributed by atoms with Gasteiger partial charge in [0.1, 0.15) is 0 Å². The number of hydrogen-bond acceptors (Lipinski definition) is 3. The van der Waals surface area contributed by atoms with Crippen LogP contribution in [0.1, 0.15) is 24.0 Å². The highest BCUT2D eigenvalue weighted by Crippen LogP contribution is 2.20. The van der Waals surface area contributed by atoms with E-state index in [2.05, 4.69) is 39.9 Å². The van der Waals surface area contributed by atoms with Crippen LogP contribution in [0.3, 0.4) is 0 Å². The molecule has 0 saturated carbocycles. The van der Waals surface area contributed by atoms with Crippen LogP contribution in [0.2, 0.25) is 0 Å². The molecule has 0 bridgehead atoms. The molecule has 2 fully saturated rings. The molecule has 147 valence electrons. The minimum Gasteiger partial charge on any atom is -0.351 e. The monoisotopic (exact) mass is 435 g/mol. The Morgan fingerprint density at radius 2 is 1.78 bits per heavy atom. The van der Waals surface area contributed by atoms with Gasteiger partial charge in [-0.1, -0.05) is 28.1 Å². The molecular formula is C20H28BrN4O2. The van der Waals surface area contributed by atoms with Crippen LogP contribution in [-0.4, -0.2) is 71.9 Å². The van der Waals surface area contributed by atoms with Crippen LogP contribution < -0.4 is 5.73 Å². The highest BCUT2D eigenvalue weighted by atomic mass is 79.9. The number of benzene rings is 1. The average Bonchev–Trinajstić information content (AvgIpc) is 2.69. The van der Waals surface area contributed by atoms with E-state index < -0.39 is 0 Å². The van der Waals surface area contributed by atoms with E-state index in [4.69, 9.17) is 5.73 Å². The molecule has 0 aromatic heterocycles. The summed E-state index contributed by atoms with van der Waals surface area (Å²) in [6, 6.07) is 6.38. The van der Waals surface area contributed by atoms with E-state index in [0.29, 0.717) is 12.5 Å². The summed E-state index contributed by atoms with van der Waals surface area (Å²) in [4.78, 5) is 29.9. The Morgan fingerprint density at radius 1 is 1.11 bits per heavy atom. The number of carbonyl (C=O) groups excluding carboxylic acids is 2. The van der Waals surface area contributed by atoms with E-state index in [1.165, 1.54) is 5.56 Å². The zero-order valence-electron chi connectivity index (χ0n) is 15.9. The Labute approximate surface area is 169 Å². The normalized spacial score (nSPS) is 19.3. The number of nitrogens with two attached hydrogens (primary N) is 1. The molecule has 2 N–H and O–H groups in total. The minimum absolute atomic E-state index is 0.124. The molecule has 1 radical (unpaired) electrons. The first-order valence-electron chi connectivity index (χ1n) is 9.59. The number of rotatable bonds is 4. The summed E-state index contributed by atoms with van der Waals surface area (Å²) < 4.78 is 1.09. The van der Waals surface area contributed by atoms with Crippen LogP contribution in [0.15, 0.2) is 22.7 Å². The van der Waals surface area contributed by atoms with Crippen molar-refractivity contribution in [2.24, 2.45) is 5.73 Å². The van der Waals surface area contributed by atoms with Crippen molar-refractivity contribution >= 4 is 27.9 Å². The number of carbonyl (C=O) groups is 2.